The molecule has 2 aliphatic heterocycles. The Morgan fingerprint density at radius 3 is 2.16 bits per heavy atom. The molecule has 4 amide bonds. The van der Waals surface area contributed by atoms with Crippen LogP contribution in [-0.2, 0) is 32.0 Å². The topological polar surface area (TPSA) is 116 Å². The lowest BCUT2D eigenvalue weighted by molar-refractivity contribution is -0.141. The highest BCUT2D eigenvalue weighted by Crippen LogP contribution is 2.42. The number of nitrogens with two attached hydrogens (primary N) is 1. The van der Waals surface area contributed by atoms with Gasteiger partial charge >= 0.3 is 0 Å². The Hall–Kier alpha value is -4.37. The van der Waals surface area contributed by atoms with Gasteiger partial charge in [-0.2, -0.15) is 0 Å². The largest absolute Gasteiger partial charge is 0.366 e. The van der Waals surface area contributed by atoms with Crippen molar-refractivity contribution < 1.29 is 19.2 Å². The first-order valence-corrected chi connectivity index (χ1v) is 14.8. The molecule has 0 bridgehead atoms. The van der Waals surface area contributed by atoms with E-state index in [0.29, 0.717) is 43.2 Å². The van der Waals surface area contributed by atoms with Crippen molar-refractivity contribution in [2.75, 3.05) is 31.1 Å². The Morgan fingerprint density at radius 2 is 1.53 bits per heavy atom. The molecule has 2 fully saturated rings. The number of hydrogen-bond acceptors (Lipinski definition) is 5. The fourth-order valence-corrected chi connectivity index (χ4v) is 6.10. The first-order chi connectivity index (χ1) is 20.8. The first-order valence-electron chi connectivity index (χ1n) is 14.4. The van der Waals surface area contributed by atoms with Gasteiger partial charge in [-0.1, -0.05) is 72.3 Å². The van der Waals surface area contributed by atoms with Crippen molar-refractivity contribution >= 4 is 40.9 Å². The van der Waals surface area contributed by atoms with Gasteiger partial charge in [-0.3, -0.25) is 19.2 Å². The number of halogens is 1. The highest BCUT2D eigenvalue weighted by Gasteiger charge is 2.60. The van der Waals surface area contributed by atoms with Crippen molar-refractivity contribution in [3.05, 3.63) is 107 Å². The number of likely N-dealkylation sites (tertiary alicyclic amines) is 1. The van der Waals surface area contributed by atoms with Gasteiger partial charge in [-0.15, -0.1) is 0 Å². The minimum absolute atomic E-state index is 0.123. The number of hydrogen-bond donors (Lipinski definition) is 2. The zero-order valence-electron chi connectivity index (χ0n) is 23.8. The maximum atomic E-state index is 14.2. The van der Waals surface area contributed by atoms with E-state index in [2.05, 4.69) is 5.32 Å². The predicted molar refractivity (Wildman–Crippen MR) is 165 cm³/mol. The summed E-state index contributed by atoms with van der Waals surface area (Å²) in [6.07, 6.45) is 2.16. The van der Waals surface area contributed by atoms with Crippen LogP contribution in [0.25, 0.3) is 0 Å². The summed E-state index contributed by atoms with van der Waals surface area (Å²) in [4.78, 5) is 58.0. The Balaban J connectivity index is 1.30. The van der Waals surface area contributed by atoms with Crippen LogP contribution in [0.4, 0.5) is 5.69 Å². The summed E-state index contributed by atoms with van der Waals surface area (Å²) < 4.78 is 0. The third-order valence-corrected chi connectivity index (χ3v) is 8.42. The van der Waals surface area contributed by atoms with E-state index < -0.39 is 17.6 Å². The van der Waals surface area contributed by atoms with Crippen LogP contribution in [0.3, 0.4) is 0 Å². The fourth-order valence-electron chi connectivity index (χ4n) is 5.98. The number of nitrogens with one attached hydrogen (secondary N) is 1. The molecule has 1 spiro atoms. The third kappa shape index (κ3) is 6.67. The summed E-state index contributed by atoms with van der Waals surface area (Å²) in [5.74, 6) is -1.55. The molecule has 0 aliphatic carbocycles. The lowest BCUT2D eigenvalue weighted by Crippen LogP contribution is -2.59. The molecule has 1 radical (unpaired) electrons. The number of carbonyl (C=O) groups excluding carboxylic acids is 4. The molecule has 3 N–H and O–H groups in total. The molecule has 3 aromatic rings. The van der Waals surface area contributed by atoms with E-state index in [0.717, 1.165) is 11.1 Å². The Kier molecular flexibility index (Phi) is 9.31. The molecular formula is C33H35ClN5O4. The second-order valence-corrected chi connectivity index (χ2v) is 11.3. The molecular weight excluding hydrogens is 566 g/mol. The average Bonchev–Trinajstić information content (AvgIpc) is 3.25. The van der Waals surface area contributed by atoms with E-state index in [9.17, 15) is 19.2 Å². The molecule has 5 rings (SSSR count). The standard InChI is InChI=1S/C33H35ClN5O4/c34-26-14-11-25(12-15-26)13-16-29(41)37-21-18-33(19-22-37)32(43)38(23-28(40)36-20-17-24-7-3-1-4-8-24)31(30(35)42)39(33)27-9-5-2-6-10-27/h1-12,14-16,31H,13,17-23H2,(H2,35,42)(H,36,40)/t31-/m0/s1. The van der Waals surface area contributed by atoms with Gasteiger partial charge in [0.2, 0.25) is 11.8 Å². The molecule has 9 nitrogen and oxygen atoms in total. The Bertz CT molecular complexity index is 1440. The minimum Gasteiger partial charge on any atom is -0.366 e. The van der Waals surface area contributed by atoms with Crippen molar-refractivity contribution in [3.8, 4) is 0 Å². The minimum atomic E-state index is -1.14. The van der Waals surface area contributed by atoms with Crippen LogP contribution in [0.5, 0.6) is 0 Å². The molecule has 10 heteroatoms. The number of anilines is 1. The summed E-state index contributed by atoms with van der Waals surface area (Å²) in [5, 5.41) is 3.50. The van der Waals surface area contributed by atoms with E-state index in [1.807, 2.05) is 72.8 Å². The molecule has 0 saturated carbocycles. The molecule has 0 aromatic heterocycles. The average molecular weight is 601 g/mol. The van der Waals surface area contributed by atoms with Gasteiger partial charge in [0.1, 0.15) is 12.1 Å². The van der Waals surface area contributed by atoms with Crippen LogP contribution in [0, 0.1) is 6.42 Å². The quantitative estimate of drug-likeness (QED) is 0.371. The van der Waals surface area contributed by atoms with Gasteiger partial charge in [0.05, 0.1) is 6.42 Å². The number of piperidine rings is 1. The zero-order chi connectivity index (χ0) is 30.4. The van der Waals surface area contributed by atoms with Crippen LogP contribution < -0.4 is 16.0 Å². The van der Waals surface area contributed by atoms with E-state index in [4.69, 9.17) is 17.3 Å². The van der Waals surface area contributed by atoms with Crippen LogP contribution in [0.15, 0.2) is 84.9 Å². The van der Waals surface area contributed by atoms with Gasteiger partial charge < -0.3 is 25.8 Å². The molecule has 3 aromatic carbocycles. The Morgan fingerprint density at radius 1 is 0.907 bits per heavy atom. The van der Waals surface area contributed by atoms with Crippen LogP contribution in [-0.4, -0.2) is 71.3 Å². The van der Waals surface area contributed by atoms with Gasteiger partial charge in [0.25, 0.3) is 11.8 Å². The number of carbonyl (C=O) groups is 4. The summed E-state index contributed by atoms with van der Waals surface area (Å²) in [6.45, 7) is 0.717. The van der Waals surface area contributed by atoms with Crippen molar-refractivity contribution in [1.29, 1.82) is 0 Å². The maximum absolute atomic E-state index is 14.2. The van der Waals surface area contributed by atoms with Gasteiger partial charge in [-0.05, 0) is 61.1 Å². The second-order valence-electron chi connectivity index (χ2n) is 10.9. The molecule has 0 unspecified atom stereocenters. The summed E-state index contributed by atoms with van der Waals surface area (Å²) >= 11 is 5.97. The van der Waals surface area contributed by atoms with Gasteiger partial charge in [-0.25, -0.2) is 0 Å². The molecule has 43 heavy (non-hydrogen) atoms. The first kappa shape index (κ1) is 30.1. The SMILES string of the molecule is NC(=O)[C@H]1N(CC(=O)NCCc2ccccc2)C(=O)C2(CCN(C(=O)[CH]Cc3ccc(Cl)cc3)CC2)N1c1ccccc1. The molecule has 1 atom stereocenters. The summed E-state index contributed by atoms with van der Waals surface area (Å²) in [7, 11) is 0. The predicted octanol–water partition coefficient (Wildman–Crippen LogP) is 2.97. The number of rotatable bonds is 10. The number of nitrogens with zero attached hydrogens (tertiary/aromatic N) is 3. The summed E-state index contributed by atoms with van der Waals surface area (Å²) in [5.41, 5.74) is 7.49. The van der Waals surface area contributed by atoms with Crippen LogP contribution in [0.1, 0.15) is 24.0 Å². The number of primary amides is 1. The van der Waals surface area contributed by atoms with Gasteiger partial charge in [0.15, 0.2) is 6.17 Å². The van der Waals surface area contributed by atoms with E-state index in [1.54, 1.807) is 28.4 Å². The highest BCUT2D eigenvalue weighted by molar-refractivity contribution is 6.30. The van der Waals surface area contributed by atoms with E-state index in [1.165, 1.54) is 4.90 Å². The van der Waals surface area contributed by atoms with E-state index >= 15 is 0 Å². The highest BCUT2D eigenvalue weighted by atomic mass is 35.5. The number of amides is 4. The smallest absolute Gasteiger partial charge is 0.261 e. The molecule has 2 heterocycles. The molecule has 223 valence electrons. The summed E-state index contributed by atoms with van der Waals surface area (Å²) in [6, 6.07) is 26.2. The van der Waals surface area contributed by atoms with Crippen molar-refractivity contribution in [2.24, 2.45) is 5.73 Å². The normalized spacial score (nSPS) is 17.7. The number of benzene rings is 3. The van der Waals surface area contributed by atoms with Crippen molar-refractivity contribution in [2.45, 2.75) is 37.4 Å². The van der Waals surface area contributed by atoms with Crippen molar-refractivity contribution in [3.63, 3.8) is 0 Å². The lowest BCUT2D eigenvalue weighted by Gasteiger charge is -2.44. The zero-order valence-corrected chi connectivity index (χ0v) is 24.6. The molecule has 2 aliphatic rings. The monoisotopic (exact) mass is 600 g/mol. The third-order valence-electron chi connectivity index (χ3n) is 8.17. The number of para-hydroxylation sites is 1. The van der Waals surface area contributed by atoms with Gasteiger partial charge in [0, 0.05) is 30.3 Å². The van der Waals surface area contributed by atoms with Crippen molar-refractivity contribution in [1.82, 2.24) is 15.1 Å². The molecule has 2 saturated heterocycles. The van der Waals surface area contributed by atoms with Crippen LogP contribution >= 0.6 is 11.6 Å². The lowest BCUT2D eigenvalue weighted by atomic mass is 9.85. The Labute approximate surface area is 256 Å². The van der Waals surface area contributed by atoms with E-state index in [-0.39, 0.29) is 37.1 Å². The maximum Gasteiger partial charge on any atom is 0.261 e. The second kappa shape index (κ2) is 13.3. The fraction of sp³-hybridized carbons (Fsp3) is 0.303. The van der Waals surface area contributed by atoms with Crippen LogP contribution in [0.2, 0.25) is 5.02 Å².